The van der Waals surface area contributed by atoms with Crippen LogP contribution >= 0.6 is 11.3 Å². The fourth-order valence-corrected chi connectivity index (χ4v) is 9.52. The maximum absolute atomic E-state index is 14.6. The number of amides is 4. The van der Waals surface area contributed by atoms with Crippen molar-refractivity contribution in [1.82, 2.24) is 25.2 Å². The van der Waals surface area contributed by atoms with E-state index in [1.807, 2.05) is 32.9 Å². The Bertz CT molecular complexity index is 1950. The van der Waals surface area contributed by atoms with Crippen molar-refractivity contribution >= 4 is 55.8 Å². The first-order valence-electron chi connectivity index (χ1n) is 17.1. The molecule has 2 aromatic carbocycles. The number of hydrogen-bond acceptors (Lipinski definition) is 8. The van der Waals surface area contributed by atoms with E-state index in [-0.39, 0.29) is 24.9 Å². The van der Waals surface area contributed by atoms with E-state index < -0.39 is 62.0 Å². The van der Waals surface area contributed by atoms with Crippen LogP contribution in [0.15, 0.2) is 66.6 Å². The molecule has 0 unspecified atom stereocenters. The summed E-state index contributed by atoms with van der Waals surface area (Å²) in [5.74, 6) is -2.55. The maximum atomic E-state index is 14.6. The van der Waals surface area contributed by atoms with Gasteiger partial charge in [0.1, 0.15) is 17.6 Å². The summed E-state index contributed by atoms with van der Waals surface area (Å²) in [4.78, 5) is 60.1. The van der Waals surface area contributed by atoms with E-state index in [1.54, 1.807) is 28.5 Å². The fourth-order valence-electron chi connectivity index (χ4n) is 7.53. The smallest absolute Gasteiger partial charge is 0.262 e. The lowest BCUT2D eigenvalue weighted by molar-refractivity contribution is -0.142. The van der Waals surface area contributed by atoms with E-state index in [2.05, 4.69) is 51.1 Å². The second-order valence-electron chi connectivity index (χ2n) is 15.2. The standard InChI is InChI=1S/C37H43N5O6S2/c1-5-25-18-37(25,35(46)40-50(47,48)27-14-15-27)39-32(43)28-17-26(41-19-23-11-6-9-22-10-7-12-24(20-41)30(22)23)21-42(28)34(45)31(36(2,3)4)38-33(44)29-13-8-16-49-29/h5-13,16,25-28,31H,1,14-15,17-21H2,2-4H3,(H,38,44)(H,39,43)(H,40,46)/t25-,26-,28+,31-,37-/m1/s1. The van der Waals surface area contributed by atoms with Gasteiger partial charge in [-0.2, -0.15) is 0 Å². The Morgan fingerprint density at radius 1 is 1.02 bits per heavy atom. The highest BCUT2D eigenvalue weighted by atomic mass is 32.2. The van der Waals surface area contributed by atoms with Gasteiger partial charge in [-0.15, -0.1) is 17.9 Å². The molecule has 50 heavy (non-hydrogen) atoms. The molecule has 1 aromatic heterocycles. The third-order valence-corrected chi connectivity index (χ3v) is 13.3. The number of nitrogens with one attached hydrogen (secondary N) is 3. The molecule has 3 fully saturated rings. The SMILES string of the molecule is C=C[C@@H]1C[C@]1(NC(=O)[C@@H]1C[C@@H](N2Cc3cccc4cccc(c34)C2)CN1C(=O)[C@@H](NC(=O)c1cccs1)C(C)(C)C)C(=O)NS(=O)(=O)C1CC1. The molecule has 4 aliphatic rings. The summed E-state index contributed by atoms with van der Waals surface area (Å²) in [6.07, 6.45) is 3.02. The molecular weight excluding hydrogens is 675 g/mol. The van der Waals surface area contributed by atoms with Gasteiger partial charge in [0.15, 0.2) is 0 Å². The zero-order valence-corrected chi connectivity index (χ0v) is 30.1. The molecular formula is C37H43N5O6S2. The summed E-state index contributed by atoms with van der Waals surface area (Å²) in [6, 6.07) is 13.8. The van der Waals surface area contributed by atoms with E-state index in [9.17, 15) is 27.6 Å². The minimum atomic E-state index is -3.86. The minimum Gasteiger partial charge on any atom is -0.339 e. The molecule has 2 saturated carbocycles. The van der Waals surface area contributed by atoms with Gasteiger partial charge in [0.2, 0.25) is 21.8 Å². The average molecular weight is 718 g/mol. The van der Waals surface area contributed by atoms with Gasteiger partial charge in [-0.1, -0.05) is 69.3 Å². The third-order valence-electron chi connectivity index (χ3n) is 10.6. The largest absolute Gasteiger partial charge is 0.339 e. The third kappa shape index (κ3) is 6.35. The summed E-state index contributed by atoms with van der Waals surface area (Å²) < 4.78 is 27.6. The van der Waals surface area contributed by atoms with Crippen LogP contribution in [0.5, 0.6) is 0 Å². The van der Waals surface area contributed by atoms with E-state index in [0.717, 1.165) is 0 Å². The van der Waals surface area contributed by atoms with Gasteiger partial charge in [-0.25, -0.2) is 8.42 Å². The monoisotopic (exact) mass is 717 g/mol. The van der Waals surface area contributed by atoms with E-state index in [0.29, 0.717) is 37.2 Å². The van der Waals surface area contributed by atoms with Gasteiger partial charge >= 0.3 is 0 Å². The number of rotatable bonds is 10. The van der Waals surface area contributed by atoms with E-state index >= 15 is 0 Å². The van der Waals surface area contributed by atoms with Gasteiger partial charge in [-0.3, -0.25) is 28.8 Å². The first kappa shape index (κ1) is 34.4. The van der Waals surface area contributed by atoms with Crippen LogP contribution in [-0.4, -0.2) is 77.3 Å². The van der Waals surface area contributed by atoms with Crippen molar-refractivity contribution in [3.8, 4) is 0 Å². The molecule has 11 nitrogen and oxygen atoms in total. The average Bonchev–Trinajstić information content (AvgIpc) is 3.93. The summed E-state index contributed by atoms with van der Waals surface area (Å²) in [5, 5.41) is 9.42. The molecule has 3 N–H and O–H groups in total. The number of sulfonamides is 1. The van der Waals surface area contributed by atoms with Crippen molar-refractivity contribution < 1.29 is 27.6 Å². The van der Waals surface area contributed by atoms with E-state index in [1.165, 1.54) is 33.2 Å². The van der Waals surface area contributed by atoms with Crippen LogP contribution < -0.4 is 15.4 Å². The molecule has 13 heteroatoms. The summed E-state index contributed by atoms with van der Waals surface area (Å²) in [5.41, 5.74) is 0.158. The first-order valence-corrected chi connectivity index (χ1v) is 19.5. The highest BCUT2D eigenvalue weighted by Crippen LogP contribution is 2.46. The lowest BCUT2D eigenvalue weighted by Crippen LogP contribution is -2.60. The second kappa shape index (κ2) is 12.6. The summed E-state index contributed by atoms with van der Waals surface area (Å²) in [7, 11) is -3.86. The van der Waals surface area contributed by atoms with Gasteiger partial charge in [0.05, 0.1) is 10.1 Å². The van der Waals surface area contributed by atoms with Crippen molar-refractivity contribution in [3.05, 3.63) is 82.6 Å². The minimum absolute atomic E-state index is 0.201. The van der Waals surface area contributed by atoms with E-state index in [4.69, 9.17) is 0 Å². The Morgan fingerprint density at radius 2 is 1.70 bits per heavy atom. The molecule has 4 amide bonds. The van der Waals surface area contributed by atoms with Crippen LogP contribution in [0.25, 0.3) is 10.8 Å². The number of benzene rings is 2. The molecule has 0 radical (unpaired) electrons. The molecule has 3 aromatic rings. The van der Waals surface area contributed by atoms with Crippen LogP contribution in [-0.2, 0) is 37.5 Å². The Balaban J connectivity index is 1.18. The second-order valence-corrected chi connectivity index (χ2v) is 18.1. The molecule has 5 atom stereocenters. The molecule has 0 bridgehead atoms. The van der Waals surface area contributed by atoms with Crippen molar-refractivity contribution in [2.24, 2.45) is 11.3 Å². The lowest BCUT2D eigenvalue weighted by atomic mass is 9.85. The quantitative estimate of drug-likeness (QED) is 0.272. The summed E-state index contributed by atoms with van der Waals surface area (Å²) >= 11 is 1.28. The predicted molar refractivity (Wildman–Crippen MR) is 191 cm³/mol. The molecule has 3 heterocycles. The van der Waals surface area contributed by atoms with Crippen LogP contribution in [0, 0.1) is 11.3 Å². The Morgan fingerprint density at radius 3 is 2.26 bits per heavy atom. The van der Waals surface area contributed by atoms with Gasteiger partial charge in [0, 0.05) is 31.6 Å². The molecule has 0 spiro atoms. The highest BCUT2D eigenvalue weighted by Gasteiger charge is 2.62. The van der Waals surface area contributed by atoms with Crippen molar-refractivity contribution in [3.63, 3.8) is 0 Å². The number of nitrogens with zero attached hydrogens (tertiary/aromatic N) is 2. The topological polar surface area (TPSA) is 145 Å². The zero-order chi connectivity index (χ0) is 35.6. The molecule has 7 rings (SSSR count). The molecule has 2 aliphatic carbocycles. The van der Waals surface area contributed by atoms with Gasteiger partial charge in [0.25, 0.3) is 11.8 Å². The number of carbonyl (C=O) groups is 4. The number of thiophene rings is 1. The zero-order valence-electron chi connectivity index (χ0n) is 28.5. The number of likely N-dealkylation sites (tertiary alicyclic amines) is 1. The van der Waals surface area contributed by atoms with Crippen LogP contribution in [0.2, 0.25) is 0 Å². The van der Waals surface area contributed by atoms with Crippen molar-refractivity contribution in [2.45, 2.75) is 88.5 Å². The maximum Gasteiger partial charge on any atom is 0.262 e. The Kier molecular flexibility index (Phi) is 8.67. The Labute approximate surface area is 296 Å². The highest BCUT2D eigenvalue weighted by molar-refractivity contribution is 7.91. The molecule has 1 saturated heterocycles. The predicted octanol–water partition coefficient (Wildman–Crippen LogP) is 3.70. The Hall–Kier alpha value is -4.07. The van der Waals surface area contributed by atoms with Crippen molar-refractivity contribution in [2.75, 3.05) is 6.54 Å². The van der Waals surface area contributed by atoms with Crippen LogP contribution in [0.4, 0.5) is 0 Å². The van der Waals surface area contributed by atoms with Crippen molar-refractivity contribution in [1.29, 1.82) is 0 Å². The number of hydrogen-bond donors (Lipinski definition) is 3. The number of carbonyl (C=O) groups excluding carboxylic acids is 4. The van der Waals surface area contributed by atoms with Crippen LogP contribution in [0.1, 0.15) is 67.3 Å². The molecule has 264 valence electrons. The first-order chi connectivity index (χ1) is 23.7. The summed E-state index contributed by atoms with van der Waals surface area (Å²) in [6.45, 7) is 10.9. The van der Waals surface area contributed by atoms with Gasteiger partial charge < -0.3 is 15.5 Å². The fraction of sp³-hybridized carbons (Fsp3) is 0.459. The van der Waals surface area contributed by atoms with Crippen LogP contribution in [0.3, 0.4) is 0 Å². The van der Waals surface area contributed by atoms with Gasteiger partial charge in [-0.05, 0) is 64.4 Å². The lowest BCUT2D eigenvalue weighted by Gasteiger charge is -2.36. The normalized spacial score (nSPS) is 25.5. The molecule has 2 aliphatic heterocycles.